The van der Waals surface area contributed by atoms with Gasteiger partial charge in [-0.3, -0.25) is 9.69 Å². The maximum Gasteiger partial charge on any atom is 0.234 e. The quantitative estimate of drug-likeness (QED) is 0.607. The van der Waals surface area contributed by atoms with Crippen molar-refractivity contribution < 1.29 is 9.53 Å². The highest BCUT2D eigenvalue weighted by molar-refractivity contribution is 5.78. The van der Waals surface area contributed by atoms with Gasteiger partial charge in [0.2, 0.25) is 5.91 Å². The summed E-state index contributed by atoms with van der Waals surface area (Å²) in [5, 5.41) is 2.89. The Morgan fingerprint density at radius 2 is 2.11 bits per heavy atom. The second-order valence-electron chi connectivity index (χ2n) is 5.40. The lowest BCUT2D eigenvalue weighted by Crippen LogP contribution is -2.55. The van der Waals surface area contributed by atoms with E-state index in [1.807, 2.05) is 0 Å². The number of nitrogens with one attached hydrogen (secondary N) is 1. The second kappa shape index (κ2) is 8.51. The van der Waals surface area contributed by atoms with Crippen molar-refractivity contribution >= 4 is 5.91 Å². The summed E-state index contributed by atoms with van der Waals surface area (Å²) in [7, 11) is 1.64. The third-order valence-corrected chi connectivity index (χ3v) is 4.04. The van der Waals surface area contributed by atoms with E-state index in [0.29, 0.717) is 26.2 Å². The predicted molar refractivity (Wildman–Crippen MR) is 77.0 cm³/mol. The summed E-state index contributed by atoms with van der Waals surface area (Å²) in [4.78, 5) is 14.3. The molecule has 1 rings (SSSR count). The van der Waals surface area contributed by atoms with Crippen molar-refractivity contribution in [2.45, 2.75) is 44.6 Å². The van der Waals surface area contributed by atoms with Crippen molar-refractivity contribution in [1.29, 1.82) is 0 Å². The molecule has 1 saturated carbocycles. The third-order valence-electron chi connectivity index (χ3n) is 4.04. The fourth-order valence-electron chi connectivity index (χ4n) is 2.96. The molecule has 19 heavy (non-hydrogen) atoms. The Hall–Kier alpha value is -0.650. The van der Waals surface area contributed by atoms with Crippen molar-refractivity contribution in [2.24, 2.45) is 5.73 Å². The minimum Gasteiger partial charge on any atom is -0.383 e. The van der Waals surface area contributed by atoms with E-state index in [-0.39, 0.29) is 11.4 Å². The maximum atomic E-state index is 12.0. The van der Waals surface area contributed by atoms with Crippen LogP contribution >= 0.6 is 0 Å². The molecule has 0 aliphatic heterocycles. The number of ether oxygens (including phenoxy) is 1. The van der Waals surface area contributed by atoms with Crippen LogP contribution in [-0.2, 0) is 9.53 Å². The summed E-state index contributed by atoms with van der Waals surface area (Å²) in [6.45, 7) is 5.32. The van der Waals surface area contributed by atoms with Gasteiger partial charge < -0.3 is 15.8 Å². The van der Waals surface area contributed by atoms with Crippen LogP contribution in [-0.4, -0.2) is 56.2 Å². The standard InChI is InChI=1S/C14H29N3O2/c1-3-9-17(11-13(18)16-8-10-19-2)14(12-15)6-4-5-7-14/h3-12,15H2,1-2H3,(H,16,18). The van der Waals surface area contributed by atoms with Crippen LogP contribution < -0.4 is 11.1 Å². The van der Waals surface area contributed by atoms with Gasteiger partial charge in [0.05, 0.1) is 13.2 Å². The van der Waals surface area contributed by atoms with E-state index in [9.17, 15) is 4.79 Å². The van der Waals surface area contributed by atoms with Crippen LogP contribution in [0.1, 0.15) is 39.0 Å². The SMILES string of the molecule is CCCN(CC(=O)NCCOC)C1(CN)CCCC1. The third kappa shape index (κ3) is 4.75. The van der Waals surface area contributed by atoms with Gasteiger partial charge in [0, 0.05) is 25.7 Å². The zero-order valence-electron chi connectivity index (χ0n) is 12.4. The lowest BCUT2D eigenvalue weighted by molar-refractivity contribution is -0.124. The molecule has 112 valence electrons. The van der Waals surface area contributed by atoms with Crippen molar-refractivity contribution in [1.82, 2.24) is 10.2 Å². The van der Waals surface area contributed by atoms with Crippen LogP contribution in [0.4, 0.5) is 0 Å². The maximum absolute atomic E-state index is 12.0. The van der Waals surface area contributed by atoms with E-state index in [1.165, 1.54) is 12.8 Å². The van der Waals surface area contributed by atoms with E-state index in [4.69, 9.17) is 10.5 Å². The highest BCUT2D eigenvalue weighted by Gasteiger charge is 2.38. The van der Waals surface area contributed by atoms with Crippen LogP contribution in [0.3, 0.4) is 0 Å². The lowest BCUT2D eigenvalue weighted by atomic mass is 9.94. The van der Waals surface area contributed by atoms with Crippen molar-refractivity contribution in [2.75, 3.05) is 39.9 Å². The first-order valence-electron chi connectivity index (χ1n) is 7.39. The monoisotopic (exact) mass is 271 g/mol. The highest BCUT2D eigenvalue weighted by atomic mass is 16.5. The Balaban J connectivity index is 2.53. The molecule has 1 fully saturated rings. The molecule has 0 aromatic carbocycles. The molecule has 0 spiro atoms. The summed E-state index contributed by atoms with van der Waals surface area (Å²) in [5.41, 5.74) is 6.05. The molecule has 0 saturated heterocycles. The number of nitrogens with zero attached hydrogens (tertiary/aromatic N) is 1. The van der Waals surface area contributed by atoms with E-state index in [2.05, 4.69) is 17.1 Å². The summed E-state index contributed by atoms with van der Waals surface area (Å²) in [5.74, 6) is 0.0743. The molecule has 5 nitrogen and oxygen atoms in total. The van der Waals surface area contributed by atoms with Crippen LogP contribution in [0.5, 0.6) is 0 Å². The van der Waals surface area contributed by atoms with Gasteiger partial charge in [-0.15, -0.1) is 0 Å². The molecular weight excluding hydrogens is 242 g/mol. The second-order valence-corrected chi connectivity index (χ2v) is 5.40. The average molecular weight is 271 g/mol. The first-order valence-corrected chi connectivity index (χ1v) is 7.39. The molecule has 3 N–H and O–H groups in total. The molecule has 1 amide bonds. The Kier molecular flexibility index (Phi) is 7.34. The van der Waals surface area contributed by atoms with Crippen molar-refractivity contribution in [3.63, 3.8) is 0 Å². The number of rotatable bonds is 9. The van der Waals surface area contributed by atoms with Gasteiger partial charge in [-0.2, -0.15) is 0 Å². The molecule has 0 atom stereocenters. The summed E-state index contributed by atoms with van der Waals surface area (Å²) < 4.78 is 4.94. The predicted octanol–water partition coefficient (Wildman–Crippen LogP) is 0.733. The largest absolute Gasteiger partial charge is 0.383 e. The highest BCUT2D eigenvalue weighted by Crippen LogP contribution is 2.34. The fourth-order valence-corrected chi connectivity index (χ4v) is 2.96. The van der Waals surface area contributed by atoms with Crippen LogP contribution in [0, 0.1) is 0 Å². The Morgan fingerprint density at radius 1 is 1.42 bits per heavy atom. The van der Waals surface area contributed by atoms with E-state index < -0.39 is 0 Å². The van der Waals surface area contributed by atoms with Gasteiger partial charge in [-0.05, 0) is 25.8 Å². The van der Waals surface area contributed by atoms with Gasteiger partial charge >= 0.3 is 0 Å². The van der Waals surface area contributed by atoms with Gasteiger partial charge in [0.1, 0.15) is 0 Å². The minimum atomic E-state index is 0.0502. The smallest absolute Gasteiger partial charge is 0.234 e. The number of carbonyl (C=O) groups is 1. The lowest BCUT2D eigenvalue weighted by Gasteiger charge is -2.40. The van der Waals surface area contributed by atoms with Gasteiger partial charge in [-0.1, -0.05) is 19.8 Å². The van der Waals surface area contributed by atoms with E-state index in [0.717, 1.165) is 25.8 Å². The molecule has 0 bridgehead atoms. The summed E-state index contributed by atoms with van der Waals surface area (Å²) in [6, 6.07) is 0. The summed E-state index contributed by atoms with van der Waals surface area (Å²) in [6.07, 6.45) is 5.74. The molecule has 1 aliphatic carbocycles. The first-order chi connectivity index (χ1) is 9.18. The summed E-state index contributed by atoms with van der Waals surface area (Å²) >= 11 is 0. The Labute approximate surface area is 116 Å². The van der Waals surface area contributed by atoms with Crippen LogP contribution in [0.2, 0.25) is 0 Å². The Bertz CT molecular complexity index is 265. The van der Waals surface area contributed by atoms with E-state index in [1.54, 1.807) is 7.11 Å². The fraction of sp³-hybridized carbons (Fsp3) is 0.929. The van der Waals surface area contributed by atoms with Crippen LogP contribution in [0.25, 0.3) is 0 Å². The number of amides is 1. The molecule has 0 heterocycles. The molecule has 5 heteroatoms. The van der Waals surface area contributed by atoms with Gasteiger partial charge in [0.25, 0.3) is 0 Å². The molecule has 1 aliphatic rings. The van der Waals surface area contributed by atoms with Gasteiger partial charge in [-0.25, -0.2) is 0 Å². The topological polar surface area (TPSA) is 67.6 Å². The minimum absolute atomic E-state index is 0.0502. The molecule has 0 unspecified atom stereocenters. The number of methoxy groups -OCH3 is 1. The van der Waals surface area contributed by atoms with Crippen molar-refractivity contribution in [3.05, 3.63) is 0 Å². The normalized spacial score (nSPS) is 17.9. The number of hydrogen-bond donors (Lipinski definition) is 2. The number of hydrogen-bond acceptors (Lipinski definition) is 4. The Morgan fingerprint density at radius 3 is 2.63 bits per heavy atom. The zero-order valence-corrected chi connectivity index (χ0v) is 12.4. The van der Waals surface area contributed by atoms with E-state index >= 15 is 0 Å². The number of carbonyl (C=O) groups excluding carboxylic acids is 1. The number of nitrogens with two attached hydrogens (primary N) is 1. The first kappa shape index (κ1) is 16.4. The average Bonchev–Trinajstić information content (AvgIpc) is 2.88. The zero-order chi connectivity index (χ0) is 14.1. The van der Waals surface area contributed by atoms with Crippen LogP contribution in [0.15, 0.2) is 0 Å². The molecule has 0 aromatic rings. The molecule has 0 radical (unpaired) electrons. The molecular formula is C14H29N3O2. The molecule has 0 aromatic heterocycles. The van der Waals surface area contributed by atoms with Crippen molar-refractivity contribution in [3.8, 4) is 0 Å². The van der Waals surface area contributed by atoms with Gasteiger partial charge in [0.15, 0.2) is 0 Å².